The fourth-order valence-corrected chi connectivity index (χ4v) is 1.71. The van der Waals surface area contributed by atoms with E-state index in [1.165, 1.54) is 12.0 Å². The van der Waals surface area contributed by atoms with Gasteiger partial charge in [-0.15, -0.1) is 0 Å². The summed E-state index contributed by atoms with van der Waals surface area (Å²) in [5.74, 6) is 1.79. The van der Waals surface area contributed by atoms with Crippen LogP contribution in [0.1, 0.15) is 39.7 Å². The molecule has 2 nitrogen and oxygen atoms in total. The molecule has 1 rings (SSSR count). The van der Waals surface area contributed by atoms with E-state index in [1.54, 1.807) is 0 Å². The molecule has 1 aromatic rings. The van der Waals surface area contributed by atoms with Crippen LogP contribution in [0.25, 0.3) is 5.57 Å². The molecule has 0 fully saturated rings. The van der Waals surface area contributed by atoms with Crippen molar-refractivity contribution in [3.63, 3.8) is 0 Å². The molecule has 0 saturated heterocycles. The quantitative estimate of drug-likeness (QED) is 0.737. The molecule has 0 bridgehead atoms. The summed E-state index contributed by atoms with van der Waals surface area (Å²) in [7, 11) is 0. The lowest BCUT2D eigenvalue weighted by molar-refractivity contribution is 0.574. The van der Waals surface area contributed by atoms with E-state index in [0.717, 1.165) is 30.4 Å². The van der Waals surface area contributed by atoms with Gasteiger partial charge in [0.25, 0.3) is 0 Å². The van der Waals surface area contributed by atoms with Gasteiger partial charge in [-0.1, -0.05) is 26.0 Å². The van der Waals surface area contributed by atoms with Gasteiger partial charge in [0, 0.05) is 19.3 Å². The number of anilines is 1. The minimum Gasteiger partial charge on any atom is -0.357 e. The Morgan fingerprint density at radius 2 is 2.18 bits per heavy atom. The summed E-state index contributed by atoms with van der Waals surface area (Å²) >= 11 is 0. The molecule has 0 N–H and O–H groups in total. The summed E-state index contributed by atoms with van der Waals surface area (Å²) in [6.07, 6.45) is 3.07. The molecule has 2 heteroatoms. The van der Waals surface area contributed by atoms with Crippen LogP contribution < -0.4 is 4.90 Å². The predicted octanol–water partition coefficient (Wildman–Crippen LogP) is 3.99. The molecule has 0 amide bonds. The van der Waals surface area contributed by atoms with E-state index in [-0.39, 0.29) is 0 Å². The molecule has 0 aliphatic heterocycles. The zero-order chi connectivity index (χ0) is 12.8. The lowest BCUT2D eigenvalue weighted by Crippen LogP contribution is -2.25. The maximum absolute atomic E-state index is 4.46. The van der Waals surface area contributed by atoms with Crippen LogP contribution in [0.15, 0.2) is 24.9 Å². The van der Waals surface area contributed by atoms with Crippen molar-refractivity contribution in [1.82, 2.24) is 4.98 Å². The van der Waals surface area contributed by atoms with E-state index < -0.39 is 0 Å². The summed E-state index contributed by atoms with van der Waals surface area (Å²) in [4.78, 5) is 6.78. The van der Waals surface area contributed by atoms with Gasteiger partial charge in [0.1, 0.15) is 5.82 Å². The van der Waals surface area contributed by atoms with Crippen LogP contribution in [-0.2, 0) is 0 Å². The molecule has 0 aliphatic rings. The smallest absolute Gasteiger partial charge is 0.129 e. The van der Waals surface area contributed by atoms with Crippen LogP contribution in [0.4, 0.5) is 5.82 Å². The Labute approximate surface area is 105 Å². The van der Waals surface area contributed by atoms with E-state index in [4.69, 9.17) is 0 Å². The Bertz CT molecular complexity index is 369. The highest BCUT2D eigenvalue weighted by atomic mass is 15.2. The first kappa shape index (κ1) is 13.8. The van der Waals surface area contributed by atoms with Gasteiger partial charge in [-0.3, -0.25) is 0 Å². The van der Waals surface area contributed by atoms with Gasteiger partial charge < -0.3 is 4.90 Å². The van der Waals surface area contributed by atoms with E-state index >= 15 is 0 Å². The van der Waals surface area contributed by atoms with Gasteiger partial charge >= 0.3 is 0 Å². The summed E-state index contributed by atoms with van der Waals surface area (Å²) in [5, 5.41) is 0. The second-order valence-corrected chi connectivity index (χ2v) is 4.95. The molecule has 0 spiro atoms. The molecule has 0 unspecified atom stereocenters. The molecule has 0 saturated carbocycles. The van der Waals surface area contributed by atoms with Gasteiger partial charge in [-0.2, -0.15) is 0 Å². The van der Waals surface area contributed by atoms with Gasteiger partial charge in [-0.05, 0) is 43.9 Å². The van der Waals surface area contributed by atoms with E-state index in [9.17, 15) is 0 Å². The third-order valence-corrected chi connectivity index (χ3v) is 2.92. The van der Waals surface area contributed by atoms with Gasteiger partial charge in [0.05, 0.1) is 0 Å². The van der Waals surface area contributed by atoms with Gasteiger partial charge in [0.2, 0.25) is 0 Å². The predicted molar refractivity (Wildman–Crippen MR) is 76.3 cm³/mol. The molecule has 1 heterocycles. The first-order valence-corrected chi connectivity index (χ1v) is 6.41. The van der Waals surface area contributed by atoms with Crippen molar-refractivity contribution in [2.24, 2.45) is 5.92 Å². The van der Waals surface area contributed by atoms with Crippen molar-refractivity contribution >= 4 is 11.4 Å². The standard InChI is InChI=1S/C15H24N2/c1-6-17(10-8-12(2)3)15-11-14(13(4)5)7-9-16-15/h7,9,11-12H,4,6,8,10H2,1-3,5H3. The second kappa shape index (κ2) is 6.43. The average Bonchev–Trinajstić information content (AvgIpc) is 2.30. The Morgan fingerprint density at radius 3 is 2.71 bits per heavy atom. The number of rotatable bonds is 6. The molecule has 0 aromatic carbocycles. The van der Waals surface area contributed by atoms with Crippen molar-refractivity contribution in [3.05, 3.63) is 30.5 Å². The number of hydrogen-bond acceptors (Lipinski definition) is 2. The lowest BCUT2D eigenvalue weighted by atomic mass is 10.1. The first-order valence-electron chi connectivity index (χ1n) is 6.41. The summed E-state index contributed by atoms with van der Waals surface area (Å²) in [5.41, 5.74) is 2.27. The number of allylic oxidation sites excluding steroid dienone is 1. The van der Waals surface area contributed by atoms with Gasteiger partial charge in [0.15, 0.2) is 0 Å². The molecule has 17 heavy (non-hydrogen) atoms. The van der Waals surface area contributed by atoms with Crippen LogP contribution in [-0.4, -0.2) is 18.1 Å². The van der Waals surface area contributed by atoms with E-state index in [1.807, 2.05) is 19.2 Å². The number of aromatic nitrogens is 1. The van der Waals surface area contributed by atoms with Crippen molar-refractivity contribution in [3.8, 4) is 0 Å². The highest BCUT2D eigenvalue weighted by Gasteiger charge is 2.07. The summed E-state index contributed by atoms with van der Waals surface area (Å²) in [6, 6.07) is 4.15. The Kier molecular flexibility index (Phi) is 5.20. The molecule has 0 atom stereocenters. The average molecular weight is 232 g/mol. The van der Waals surface area contributed by atoms with Crippen LogP contribution in [0, 0.1) is 5.92 Å². The zero-order valence-corrected chi connectivity index (χ0v) is 11.5. The monoisotopic (exact) mass is 232 g/mol. The molecule has 94 valence electrons. The van der Waals surface area contributed by atoms with Crippen molar-refractivity contribution < 1.29 is 0 Å². The first-order chi connectivity index (χ1) is 8.04. The van der Waals surface area contributed by atoms with Gasteiger partial charge in [-0.25, -0.2) is 4.98 Å². The SMILES string of the molecule is C=C(C)c1ccnc(N(CC)CCC(C)C)c1. The Hall–Kier alpha value is -1.31. The topological polar surface area (TPSA) is 16.1 Å². The summed E-state index contributed by atoms with van der Waals surface area (Å²) < 4.78 is 0. The minimum atomic E-state index is 0.730. The van der Waals surface area contributed by atoms with E-state index in [0.29, 0.717) is 0 Å². The lowest BCUT2D eigenvalue weighted by Gasteiger charge is -2.23. The molecular weight excluding hydrogens is 208 g/mol. The van der Waals surface area contributed by atoms with Crippen LogP contribution in [0.3, 0.4) is 0 Å². The van der Waals surface area contributed by atoms with Crippen LogP contribution >= 0.6 is 0 Å². The third kappa shape index (κ3) is 4.22. The second-order valence-electron chi connectivity index (χ2n) is 4.95. The minimum absolute atomic E-state index is 0.730. The maximum atomic E-state index is 4.46. The normalized spacial score (nSPS) is 10.6. The summed E-state index contributed by atoms with van der Waals surface area (Å²) in [6.45, 7) is 14.8. The zero-order valence-electron chi connectivity index (χ0n) is 11.5. The van der Waals surface area contributed by atoms with Crippen LogP contribution in [0.2, 0.25) is 0 Å². The molecule has 1 aromatic heterocycles. The highest BCUT2D eigenvalue weighted by molar-refractivity contribution is 5.63. The van der Waals surface area contributed by atoms with E-state index in [2.05, 4.69) is 43.3 Å². The third-order valence-electron chi connectivity index (χ3n) is 2.92. The number of nitrogens with zero attached hydrogens (tertiary/aromatic N) is 2. The van der Waals surface area contributed by atoms with Crippen molar-refractivity contribution in [2.75, 3.05) is 18.0 Å². The number of hydrogen-bond donors (Lipinski definition) is 0. The fourth-order valence-electron chi connectivity index (χ4n) is 1.71. The largest absolute Gasteiger partial charge is 0.357 e. The van der Waals surface area contributed by atoms with Crippen molar-refractivity contribution in [2.45, 2.75) is 34.1 Å². The Balaban J connectivity index is 2.80. The maximum Gasteiger partial charge on any atom is 0.129 e. The number of pyridine rings is 1. The van der Waals surface area contributed by atoms with Crippen molar-refractivity contribution in [1.29, 1.82) is 0 Å². The van der Waals surface area contributed by atoms with Crippen LogP contribution in [0.5, 0.6) is 0 Å². The molecule has 0 radical (unpaired) electrons. The Morgan fingerprint density at radius 1 is 1.47 bits per heavy atom. The fraction of sp³-hybridized carbons (Fsp3) is 0.533. The highest BCUT2D eigenvalue weighted by Crippen LogP contribution is 2.18. The molecule has 0 aliphatic carbocycles. The molecular formula is C15H24N2.